The van der Waals surface area contributed by atoms with Gasteiger partial charge in [-0.05, 0) is 85.7 Å². The van der Waals surface area contributed by atoms with Crippen LogP contribution in [0.4, 0.5) is 0 Å². The highest BCUT2D eigenvalue weighted by Gasteiger charge is 2.32. The number of aryl methyl sites for hydroxylation is 1. The predicted octanol–water partition coefficient (Wildman–Crippen LogP) is 8.06. The summed E-state index contributed by atoms with van der Waals surface area (Å²) in [4.78, 5) is 25.7. The van der Waals surface area contributed by atoms with Crippen LogP contribution in [0.1, 0.15) is 65.3 Å². The molecule has 1 saturated carbocycles. The molecule has 1 aromatic heterocycles. The highest BCUT2D eigenvalue weighted by molar-refractivity contribution is 14.1. The van der Waals surface area contributed by atoms with Gasteiger partial charge in [0.1, 0.15) is 5.75 Å². The zero-order valence-electron chi connectivity index (χ0n) is 25.8. The Bertz CT molecular complexity index is 1710. The first-order valence-electron chi connectivity index (χ1n) is 14.9. The SMILES string of the molecule is CC1(C)OCC(CCn2cc(C(=O)COc3cc4ccc(Cl)cc4cc3C(N)=O)c3ccc(C4CC4)cc32)O1.COSB(C)I. The Morgan fingerprint density at radius 3 is 2.53 bits per heavy atom. The van der Waals surface area contributed by atoms with E-state index in [0.29, 0.717) is 33.5 Å². The van der Waals surface area contributed by atoms with E-state index in [1.54, 1.807) is 31.4 Å². The number of carbonyl (C=O) groups excluding carboxylic acids is 2. The molecular weight excluding hydrogens is 726 g/mol. The molecule has 12 heteroatoms. The van der Waals surface area contributed by atoms with Crippen LogP contribution < -0.4 is 10.5 Å². The van der Waals surface area contributed by atoms with Gasteiger partial charge in [-0.15, -0.1) is 22.4 Å². The topological polar surface area (TPSA) is 102 Å². The maximum absolute atomic E-state index is 13.5. The van der Waals surface area contributed by atoms with Crippen LogP contribution in [-0.4, -0.2) is 52.3 Å². The van der Waals surface area contributed by atoms with Crippen LogP contribution in [-0.2, 0) is 20.2 Å². The number of benzene rings is 3. The van der Waals surface area contributed by atoms with Crippen molar-refractivity contribution in [3.63, 3.8) is 0 Å². The molecule has 2 fully saturated rings. The Kier molecular flexibility index (Phi) is 11.1. The summed E-state index contributed by atoms with van der Waals surface area (Å²) in [6, 6.07) is 15.1. The van der Waals surface area contributed by atoms with E-state index in [4.69, 9.17) is 35.7 Å². The third-order valence-electron chi connectivity index (χ3n) is 7.77. The Labute approximate surface area is 286 Å². The van der Waals surface area contributed by atoms with Gasteiger partial charge in [-0.25, -0.2) is 0 Å². The molecule has 8 nitrogen and oxygen atoms in total. The van der Waals surface area contributed by atoms with E-state index in [-0.39, 0.29) is 29.8 Å². The zero-order valence-corrected chi connectivity index (χ0v) is 29.5. The maximum Gasteiger partial charge on any atom is 0.313 e. The Morgan fingerprint density at radius 2 is 1.91 bits per heavy atom. The molecule has 2 heterocycles. The molecule has 1 aliphatic heterocycles. The van der Waals surface area contributed by atoms with Crippen LogP contribution in [0.3, 0.4) is 0 Å². The summed E-state index contributed by atoms with van der Waals surface area (Å²) in [6.07, 6.45) is 5.09. The van der Waals surface area contributed by atoms with Gasteiger partial charge in [-0.3, -0.25) is 9.59 Å². The fraction of sp³-hybridized carbons (Fsp3) is 0.394. The van der Waals surface area contributed by atoms with Crippen molar-refractivity contribution in [3.05, 3.63) is 76.4 Å². The predicted molar refractivity (Wildman–Crippen MR) is 191 cm³/mol. The van der Waals surface area contributed by atoms with Crippen molar-refractivity contribution in [2.24, 2.45) is 5.73 Å². The van der Waals surface area contributed by atoms with Gasteiger partial charge in [0, 0.05) is 41.3 Å². The first kappa shape index (κ1) is 34.1. The number of aromatic nitrogens is 1. The summed E-state index contributed by atoms with van der Waals surface area (Å²) in [5, 5.41) is 3.04. The third-order valence-corrected chi connectivity index (χ3v) is 9.08. The lowest BCUT2D eigenvalue weighted by Crippen LogP contribution is -2.22. The van der Waals surface area contributed by atoms with Gasteiger partial charge in [0.15, 0.2) is 12.4 Å². The fourth-order valence-corrected chi connectivity index (χ4v) is 6.56. The number of hydrogen-bond acceptors (Lipinski definition) is 7. The molecular formula is C33H37BClIN2O6S. The van der Waals surface area contributed by atoms with Crippen LogP contribution in [0.5, 0.6) is 5.75 Å². The van der Waals surface area contributed by atoms with E-state index in [1.165, 1.54) is 30.3 Å². The number of ether oxygens (including phenoxy) is 3. The van der Waals surface area contributed by atoms with Crippen LogP contribution >= 0.6 is 45.9 Å². The number of fused-ring (bicyclic) bond motifs is 2. The lowest BCUT2D eigenvalue weighted by Gasteiger charge is -2.17. The average molecular weight is 763 g/mol. The number of halogens is 2. The second-order valence-electron chi connectivity index (χ2n) is 11.7. The van der Waals surface area contributed by atoms with Crippen molar-refractivity contribution >= 4 is 83.1 Å². The molecule has 6 rings (SSSR count). The minimum atomic E-state index is -0.634. The minimum absolute atomic E-state index is 0.00144. The number of Topliss-reactive ketones (excluding diaryl/α,β-unsaturated/α-hetero) is 1. The van der Waals surface area contributed by atoms with Gasteiger partial charge < -0.3 is 28.7 Å². The van der Waals surface area contributed by atoms with E-state index in [1.807, 2.05) is 32.2 Å². The molecule has 0 bridgehead atoms. The molecule has 2 N–H and O–H groups in total. The summed E-state index contributed by atoms with van der Waals surface area (Å²) in [5.41, 5.74) is 8.75. The largest absolute Gasteiger partial charge is 0.485 e. The van der Waals surface area contributed by atoms with E-state index in [9.17, 15) is 9.59 Å². The fourth-order valence-electron chi connectivity index (χ4n) is 5.49. The molecule has 1 aliphatic carbocycles. The van der Waals surface area contributed by atoms with Gasteiger partial charge in [0.05, 0.1) is 18.3 Å². The standard InChI is InChI=1S/C31H31ClN2O5.C2H6BIOS/c1-31(2)38-16-23(39-31)9-10-34-15-26(24-8-6-19(13-27(24)34)18-3-4-18)28(35)17-37-29-14-20-5-7-22(32)11-21(20)12-25(29)30(33)36;1-3(4)6-5-2/h5-8,11-15,18,23H,3-4,9-10,16-17H2,1-2H3,(H2,33,36);1-2H3. The van der Waals surface area contributed by atoms with Gasteiger partial charge in [-0.1, -0.05) is 48.5 Å². The lowest BCUT2D eigenvalue weighted by atomic mass is 10.0. The van der Waals surface area contributed by atoms with E-state index in [2.05, 4.69) is 45.9 Å². The first-order chi connectivity index (χ1) is 21.4. The molecule has 45 heavy (non-hydrogen) atoms. The molecule has 1 atom stereocenters. The monoisotopic (exact) mass is 762 g/mol. The van der Waals surface area contributed by atoms with Crippen molar-refractivity contribution in [2.75, 3.05) is 20.3 Å². The van der Waals surface area contributed by atoms with Crippen LogP contribution in [0, 0.1) is 0 Å². The number of nitrogens with two attached hydrogens (primary N) is 1. The van der Waals surface area contributed by atoms with Crippen LogP contribution in [0.25, 0.3) is 21.7 Å². The second-order valence-corrected chi connectivity index (χ2v) is 16.1. The number of amides is 1. The summed E-state index contributed by atoms with van der Waals surface area (Å²) in [6.45, 7) is 6.95. The summed E-state index contributed by atoms with van der Waals surface area (Å²) < 4.78 is 25.0. The molecule has 1 amide bonds. The molecule has 238 valence electrons. The maximum atomic E-state index is 13.5. The van der Waals surface area contributed by atoms with E-state index < -0.39 is 11.7 Å². The highest BCUT2D eigenvalue weighted by atomic mass is 127. The average Bonchev–Trinajstić information content (AvgIpc) is 3.69. The third kappa shape index (κ3) is 8.75. The quantitative estimate of drug-likeness (QED) is 0.0714. The molecule has 1 saturated heterocycles. The van der Waals surface area contributed by atoms with Crippen LogP contribution in [0.15, 0.2) is 54.7 Å². The summed E-state index contributed by atoms with van der Waals surface area (Å²) >= 11 is 9.86. The van der Waals surface area contributed by atoms with Gasteiger partial charge in [0.2, 0.25) is 5.78 Å². The van der Waals surface area contributed by atoms with Crippen molar-refractivity contribution in [2.45, 2.75) is 64.3 Å². The molecule has 2 aliphatic rings. The molecule has 0 radical (unpaired) electrons. The number of ketones is 1. The minimum Gasteiger partial charge on any atom is -0.485 e. The summed E-state index contributed by atoms with van der Waals surface area (Å²) in [7, 11) is 1.68. The number of hydrogen-bond donors (Lipinski definition) is 1. The number of carbonyl (C=O) groups is 2. The highest BCUT2D eigenvalue weighted by Crippen LogP contribution is 2.41. The first-order valence-corrected chi connectivity index (χ1v) is 17.3. The van der Waals surface area contributed by atoms with Crippen molar-refractivity contribution in [1.82, 2.24) is 4.57 Å². The Hall–Kier alpha value is -2.29. The second kappa shape index (κ2) is 14.6. The molecule has 3 aromatic carbocycles. The van der Waals surface area contributed by atoms with Crippen molar-refractivity contribution < 1.29 is 28.0 Å². The van der Waals surface area contributed by atoms with Gasteiger partial charge >= 0.3 is 3.85 Å². The molecule has 4 aromatic rings. The van der Waals surface area contributed by atoms with Gasteiger partial charge in [-0.2, -0.15) is 0 Å². The van der Waals surface area contributed by atoms with Crippen molar-refractivity contribution in [3.8, 4) is 5.75 Å². The van der Waals surface area contributed by atoms with Crippen molar-refractivity contribution in [1.29, 1.82) is 0 Å². The zero-order chi connectivity index (χ0) is 32.3. The van der Waals surface area contributed by atoms with E-state index >= 15 is 0 Å². The summed E-state index contributed by atoms with van der Waals surface area (Å²) in [5.74, 6) is -0.509. The normalized spacial score (nSPS) is 17.2. The Balaban J connectivity index is 0.000000609. The number of rotatable bonds is 11. The smallest absolute Gasteiger partial charge is 0.313 e. The molecule has 1 unspecified atom stereocenters. The van der Waals surface area contributed by atoms with E-state index in [0.717, 1.165) is 28.1 Å². The number of primary amides is 1. The Morgan fingerprint density at radius 1 is 1.13 bits per heavy atom. The van der Waals surface area contributed by atoms with Gasteiger partial charge in [0.25, 0.3) is 5.91 Å². The molecule has 0 spiro atoms. The number of nitrogens with zero attached hydrogens (tertiary/aromatic N) is 1. The lowest BCUT2D eigenvalue weighted by molar-refractivity contribution is -0.139. The van der Waals surface area contributed by atoms with Crippen LogP contribution in [0.2, 0.25) is 11.8 Å².